The lowest BCUT2D eigenvalue weighted by Gasteiger charge is -2.12. The van der Waals surface area contributed by atoms with Gasteiger partial charge in [-0.3, -0.25) is 0 Å². The van der Waals surface area contributed by atoms with Crippen LogP contribution in [0.3, 0.4) is 0 Å². The Kier molecular flexibility index (Phi) is 4.53. The zero-order chi connectivity index (χ0) is 11.3. The molecule has 0 saturated heterocycles. The van der Waals surface area contributed by atoms with Gasteiger partial charge < -0.3 is 4.74 Å². The van der Waals surface area contributed by atoms with Crippen molar-refractivity contribution in [2.24, 2.45) is 5.92 Å². The number of hydrogen-bond donors (Lipinski definition) is 0. The molecule has 0 bridgehead atoms. The zero-order valence-corrected chi connectivity index (χ0v) is 9.13. The number of esters is 1. The van der Waals surface area contributed by atoms with Crippen molar-refractivity contribution in [2.75, 3.05) is 6.61 Å². The Morgan fingerprint density at radius 2 is 2.40 bits per heavy atom. The van der Waals surface area contributed by atoms with Crippen molar-refractivity contribution in [3.63, 3.8) is 0 Å². The molecule has 1 aliphatic rings. The van der Waals surface area contributed by atoms with Gasteiger partial charge in [-0.1, -0.05) is 26.3 Å². The van der Waals surface area contributed by atoms with Gasteiger partial charge in [0, 0.05) is 0 Å². The van der Waals surface area contributed by atoms with Crippen LogP contribution < -0.4 is 0 Å². The molecule has 0 aromatic rings. The third kappa shape index (κ3) is 3.50. The molecule has 0 spiro atoms. The fourth-order valence-corrected chi connectivity index (χ4v) is 1.14. The quantitative estimate of drug-likeness (QED) is 0.668. The maximum atomic E-state index is 13.2. The van der Waals surface area contributed by atoms with Gasteiger partial charge in [-0.2, -0.15) is 0 Å². The van der Waals surface area contributed by atoms with Gasteiger partial charge in [0.2, 0.25) is 0 Å². The van der Waals surface area contributed by atoms with Crippen LogP contribution in [0.5, 0.6) is 0 Å². The number of carbonyl (C=O) groups excluding carboxylic acids is 1. The minimum Gasteiger partial charge on any atom is -0.462 e. The van der Waals surface area contributed by atoms with Crippen molar-refractivity contribution in [3.05, 3.63) is 30.0 Å². The molecule has 1 rings (SSSR count). The summed E-state index contributed by atoms with van der Waals surface area (Å²) in [5, 5.41) is 0. The maximum Gasteiger partial charge on any atom is 0.340 e. The second-order valence-corrected chi connectivity index (χ2v) is 3.72. The molecule has 1 unspecified atom stereocenters. The number of hydrogen-bond acceptors (Lipinski definition) is 2. The lowest BCUT2D eigenvalue weighted by Crippen LogP contribution is -2.14. The fourth-order valence-electron chi connectivity index (χ4n) is 1.14. The summed E-state index contributed by atoms with van der Waals surface area (Å²) >= 11 is 0. The average Bonchev–Trinajstić information content (AvgIpc) is 2.26. The summed E-state index contributed by atoms with van der Waals surface area (Å²) in [6.07, 6.45) is 6.05. The van der Waals surface area contributed by atoms with E-state index < -0.39 is 11.8 Å². The lowest BCUT2D eigenvalue weighted by atomic mass is 10.1. The lowest BCUT2D eigenvalue weighted by molar-refractivity contribution is -0.140. The molecule has 0 heterocycles. The minimum atomic E-state index is -0.558. The first kappa shape index (κ1) is 12.0. The summed E-state index contributed by atoms with van der Waals surface area (Å²) in [4.78, 5) is 11.4. The Morgan fingerprint density at radius 3 is 3.00 bits per heavy atom. The van der Waals surface area contributed by atoms with E-state index in [4.69, 9.17) is 4.74 Å². The van der Waals surface area contributed by atoms with Crippen LogP contribution in [0.2, 0.25) is 0 Å². The van der Waals surface area contributed by atoms with Gasteiger partial charge >= 0.3 is 5.97 Å². The molecule has 15 heavy (non-hydrogen) atoms. The topological polar surface area (TPSA) is 26.3 Å². The predicted molar refractivity (Wildman–Crippen MR) is 56.6 cm³/mol. The summed E-state index contributed by atoms with van der Waals surface area (Å²) in [6.45, 7) is 4.36. The molecule has 1 atom stereocenters. The van der Waals surface area contributed by atoms with Crippen molar-refractivity contribution in [3.8, 4) is 0 Å². The fraction of sp³-hybridized carbons (Fsp3) is 0.500. The van der Waals surface area contributed by atoms with Gasteiger partial charge in [0.25, 0.3) is 0 Å². The summed E-state index contributed by atoms with van der Waals surface area (Å²) in [5.74, 6) is -0.746. The van der Waals surface area contributed by atoms with E-state index >= 15 is 0 Å². The molecule has 0 saturated carbocycles. The first-order chi connectivity index (χ1) is 7.15. The normalized spacial score (nSPS) is 17.8. The average molecular weight is 211 g/mol. The Morgan fingerprint density at radius 1 is 1.67 bits per heavy atom. The van der Waals surface area contributed by atoms with Crippen LogP contribution >= 0.6 is 0 Å². The Hall–Kier alpha value is -1.12. The van der Waals surface area contributed by atoms with Crippen molar-refractivity contribution in [2.45, 2.75) is 26.7 Å². The molecule has 3 heteroatoms. The first-order valence-corrected chi connectivity index (χ1v) is 5.21. The number of allylic oxidation sites excluding steroid dienone is 2. The van der Waals surface area contributed by atoms with E-state index in [1.165, 1.54) is 6.08 Å². The second-order valence-electron chi connectivity index (χ2n) is 3.72. The number of rotatable bonds is 4. The van der Waals surface area contributed by atoms with E-state index in [1.54, 1.807) is 12.5 Å². The van der Waals surface area contributed by atoms with E-state index in [2.05, 4.69) is 0 Å². The number of ether oxygens (including phenoxy) is 1. The highest BCUT2D eigenvalue weighted by Crippen LogP contribution is 2.20. The number of carbonyl (C=O) groups is 1. The Bertz CT molecular complexity index is 292. The van der Waals surface area contributed by atoms with E-state index in [0.29, 0.717) is 18.9 Å². The van der Waals surface area contributed by atoms with E-state index in [1.807, 2.05) is 13.8 Å². The van der Waals surface area contributed by atoms with Crippen LogP contribution in [0, 0.1) is 12.3 Å². The standard InChI is InChI=1S/C12H16FO2/c1-3-9(2)8-15-12(14)10-6-4-5-7-11(10)13/h5-7,9H,3-4,8H2,1-2H3. The van der Waals surface area contributed by atoms with Crippen LogP contribution in [-0.2, 0) is 9.53 Å². The third-order valence-electron chi connectivity index (χ3n) is 2.40. The Labute approximate surface area is 89.8 Å². The van der Waals surface area contributed by atoms with Crippen molar-refractivity contribution >= 4 is 5.97 Å². The summed E-state index contributed by atoms with van der Waals surface area (Å²) in [7, 11) is 0. The van der Waals surface area contributed by atoms with Gasteiger partial charge in [0.15, 0.2) is 0 Å². The van der Waals surface area contributed by atoms with Gasteiger partial charge in [0.1, 0.15) is 5.83 Å². The molecule has 0 N–H and O–H groups in total. The molecule has 1 radical (unpaired) electrons. The molecule has 83 valence electrons. The van der Waals surface area contributed by atoms with Gasteiger partial charge in [-0.05, 0) is 24.8 Å². The molecule has 0 amide bonds. The van der Waals surface area contributed by atoms with Crippen LogP contribution in [0.4, 0.5) is 4.39 Å². The second kappa shape index (κ2) is 5.69. The van der Waals surface area contributed by atoms with E-state index in [9.17, 15) is 9.18 Å². The monoisotopic (exact) mass is 211 g/mol. The summed E-state index contributed by atoms with van der Waals surface area (Å²) in [6, 6.07) is 0. The minimum absolute atomic E-state index is 0.0563. The van der Waals surface area contributed by atoms with E-state index in [0.717, 1.165) is 6.42 Å². The smallest absolute Gasteiger partial charge is 0.340 e. The van der Waals surface area contributed by atoms with Crippen molar-refractivity contribution in [1.29, 1.82) is 0 Å². The number of halogens is 1. The molecule has 0 aromatic heterocycles. The third-order valence-corrected chi connectivity index (χ3v) is 2.40. The van der Waals surface area contributed by atoms with Gasteiger partial charge in [-0.25, -0.2) is 9.18 Å². The van der Waals surface area contributed by atoms with E-state index in [-0.39, 0.29) is 5.57 Å². The van der Waals surface area contributed by atoms with Crippen LogP contribution in [0.1, 0.15) is 26.7 Å². The summed E-state index contributed by atoms with van der Waals surface area (Å²) < 4.78 is 18.2. The predicted octanol–water partition coefficient (Wildman–Crippen LogP) is 2.96. The summed E-state index contributed by atoms with van der Waals surface area (Å²) in [5.41, 5.74) is 0.0563. The Balaban J connectivity index is 2.47. The van der Waals surface area contributed by atoms with Gasteiger partial charge in [0.05, 0.1) is 12.2 Å². The molecule has 0 fully saturated rings. The SMILES string of the molecule is CCC(C)COC(=O)C1=CC[CH]C=C1F. The van der Waals surface area contributed by atoms with Crippen LogP contribution in [0.15, 0.2) is 23.6 Å². The zero-order valence-electron chi connectivity index (χ0n) is 9.13. The molecular weight excluding hydrogens is 195 g/mol. The van der Waals surface area contributed by atoms with Crippen molar-refractivity contribution in [1.82, 2.24) is 0 Å². The van der Waals surface area contributed by atoms with Crippen molar-refractivity contribution < 1.29 is 13.9 Å². The highest BCUT2D eigenvalue weighted by Gasteiger charge is 2.18. The van der Waals surface area contributed by atoms with Crippen LogP contribution in [0.25, 0.3) is 0 Å². The van der Waals surface area contributed by atoms with Gasteiger partial charge in [-0.15, -0.1) is 0 Å². The largest absolute Gasteiger partial charge is 0.462 e. The highest BCUT2D eigenvalue weighted by atomic mass is 19.1. The molecule has 1 aliphatic carbocycles. The molecule has 0 aliphatic heterocycles. The van der Waals surface area contributed by atoms with Crippen LogP contribution in [-0.4, -0.2) is 12.6 Å². The molecular formula is C12H16FO2. The molecule has 0 aromatic carbocycles. The highest BCUT2D eigenvalue weighted by molar-refractivity contribution is 5.93. The first-order valence-electron chi connectivity index (χ1n) is 5.21. The molecule has 2 nitrogen and oxygen atoms in total. The maximum absolute atomic E-state index is 13.2.